The fourth-order valence-electron chi connectivity index (χ4n) is 2.35. The van der Waals surface area contributed by atoms with E-state index < -0.39 is 17.3 Å². The van der Waals surface area contributed by atoms with Crippen molar-refractivity contribution in [2.45, 2.75) is 25.8 Å². The Morgan fingerprint density at radius 3 is 2.61 bits per heavy atom. The van der Waals surface area contributed by atoms with Gasteiger partial charge in [-0.1, -0.05) is 0 Å². The number of benzene rings is 1. The maximum Gasteiger partial charge on any atom is 0.191 e. The summed E-state index contributed by atoms with van der Waals surface area (Å²) in [7, 11) is 0. The summed E-state index contributed by atoms with van der Waals surface area (Å²) in [6.07, 6.45) is 3.60. The number of hydrogen-bond donors (Lipinski definition) is 1. The standard InChI is InChI=1S/C13H12F2N2O/c1-6-10(14)11(15)12(16)9-8(18)4-5-17(13(6)9)7-2-3-7/h4-5,7H,2-3,16H2,1H3. The minimum atomic E-state index is -1.13. The van der Waals surface area contributed by atoms with Crippen molar-refractivity contribution in [3.8, 4) is 0 Å². The molecule has 1 aromatic carbocycles. The van der Waals surface area contributed by atoms with E-state index in [2.05, 4.69) is 0 Å². The second-order valence-corrected chi connectivity index (χ2v) is 4.71. The molecule has 1 heterocycles. The summed E-state index contributed by atoms with van der Waals surface area (Å²) in [5, 5.41) is 0.0841. The summed E-state index contributed by atoms with van der Waals surface area (Å²) in [5.41, 5.74) is 5.34. The molecule has 5 heteroatoms. The molecular weight excluding hydrogens is 238 g/mol. The molecule has 0 aliphatic heterocycles. The van der Waals surface area contributed by atoms with E-state index in [0.717, 1.165) is 12.8 Å². The maximum absolute atomic E-state index is 13.7. The minimum absolute atomic E-state index is 0.0841. The largest absolute Gasteiger partial charge is 0.396 e. The van der Waals surface area contributed by atoms with E-state index in [0.29, 0.717) is 5.52 Å². The van der Waals surface area contributed by atoms with Gasteiger partial charge in [-0.25, -0.2) is 8.78 Å². The number of aromatic nitrogens is 1. The molecule has 0 radical (unpaired) electrons. The number of hydrogen-bond acceptors (Lipinski definition) is 2. The predicted octanol–water partition coefficient (Wildman–Crippen LogP) is 2.51. The molecule has 2 aromatic rings. The molecule has 0 bridgehead atoms. The molecule has 1 aromatic heterocycles. The molecule has 1 fully saturated rings. The van der Waals surface area contributed by atoms with Crippen molar-refractivity contribution >= 4 is 16.6 Å². The number of aryl methyl sites for hydroxylation is 1. The van der Waals surface area contributed by atoms with Crippen molar-refractivity contribution in [2.24, 2.45) is 0 Å². The van der Waals surface area contributed by atoms with Gasteiger partial charge in [0.05, 0.1) is 16.6 Å². The minimum Gasteiger partial charge on any atom is -0.396 e. The average molecular weight is 250 g/mol. The predicted molar refractivity (Wildman–Crippen MR) is 65.5 cm³/mol. The van der Waals surface area contributed by atoms with Crippen molar-refractivity contribution < 1.29 is 8.78 Å². The Labute approximate surface area is 102 Å². The molecule has 1 aliphatic rings. The van der Waals surface area contributed by atoms with Crippen LogP contribution in [0.15, 0.2) is 17.1 Å². The molecule has 18 heavy (non-hydrogen) atoms. The van der Waals surface area contributed by atoms with E-state index in [1.807, 2.05) is 4.57 Å². The highest BCUT2D eigenvalue weighted by atomic mass is 19.2. The van der Waals surface area contributed by atoms with Gasteiger partial charge >= 0.3 is 0 Å². The number of anilines is 1. The fourth-order valence-corrected chi connectivity index (χ4v) is 2.35. The molecule has 0 amide bonds. The molecule has 1 aliphatic carbocycles. The average Bonchev–Trinajstić information content (AvgIpc) is 3.17. The van der Waals surface area contributed by atoms with E-state index in [1.54, 1.807) is 6.20 Å². The van der Waals surface area contributed by atoms with Crippen molar-refractivity contribution in [1.29, 1.82) is 0 Å². The van der Waals surface area contributed by atoms with Gasteiger partial charge in [-0.3, -0.25) is 4.79 Å². The monoisotopic (exact) mass is 250 g/mol. The Balaban J connectivity index is 2.56. The van der Waals surface area contributed by atoms with Crippen LogP contribution in [0, 0.1) is 18.6 Å². The lowest BCUT2D eigenvalue weighted by Gasteiger charge is -2.14. The quantitative estimate of drug-likeness (QED) is 0.790. The van der Waals surface area contributed by atoms with Gasteiger partial charge in [-0.2, -0.15) is 0 Å². The van der Waals surface area contributed by atoms with Crippen LogP contribution in [0.4, 0.5) is 14.5 Å². The van der Waals surface area contributed by atoms with Gasteiger partial charge in [-0.05, 0) is 19.8 Å². The van der Waals surface area contributed by atoms with E-state index in [4.69, 9.17) is 5.73 Å². The molecule has 0 atom stereocenters. The van der Waals surface area contributed by atoms with Crippen LogP contribution in [0.1, 0.15) is 24.4 Å². The van der Waals surface area contributed by atoms with Gasteiger partial charge in [0.25, 0.3) is 0 Å². The van der Waals surface area contributed by atoms with Crippen LogP contribution in [0.2, 0.25) is 0 Å². The van der Waals surface area contributed by atoms with Crippen LogP contribution in [0.25, 0.3) is 10.9 Å². The zero-order chi connectivity index (χ0) is 13.0. The zero-order valence-corrected chi connectivity index (χ0v) is 9.84. The summed E-state index contributed by atoms with van der Waals surface area (Å²) in [6, 6.07) is 1.62. The summed E-state index contributed by atoms with van der Waals surface area (Å²) < 4.78 is 29.2. The Hall–Kier alpha value is -1.91. The van der Waals surface area contributed by atoms with E-state index in [1.165, 1.54) is 13.0 Å². The molecule has 3 nitrogen and oxygen atoms in total. The summed E-state index contributed by atoms with van der Waals surface area (Å²) in [5.74, 6) is -2.11. The number of pyridine rings is 1. The lowest BCUT2D eigenvalue weighted by molar-refractivity contribution is 0.507. The number of halogens is 2. The first kappa shape index (κ1) is 11.2. The fraction of sp³-hybridized carbons (Fsp3) is 0.308. The molecule has 0 saturated heterocycles. The lowest BCUT2D eigenvalue weighted by Crippen LogP contribution is -2.13. The van der Waals surface area contributed by atoms with E-state index in [9.17, 15) is 13.6 Å². The first-order chi connectivity index (χ1) is 8.52. The summed E-state index contributed by atoms with van der Waals surface area (Å²) in [6.45, 7) is 1.47. The highest BCUT2D eigenvalue weighted by molar-refractivity contribution is 5.93. The third kappa shape index (κ3) is 1.36. The normalized spacial score (nSPS) is 15.3. The van der Waals surface area contributed by atoms with Crippen LogP contribution >= 0.6 is 0 Å². The molecule has 2 N–H and O–H groups in total. The third-order valence-electron chi connectivity index (χ3n) is 3.45. The molecule has 0 unspecified atom stereocenters. The van der Waals surface area contributed by atoms with E-state index in [-0.39, 0.29) is 22.4 Å². The van der Waals surface area contributed by atoms with Crippen LogP contribution in [-0.4, -0.2) is 4.57 Å². The highest BCUT2D eigenvalue weighted by Crippen LogP contribution is 2.39. The first-order valence-corrected chi connectivity index (χ1v) is 5.80. The van der Waals surface area contributed by atoms with E-state index >= 15 is 0 Å². The van der Waals surface area contributed by atoms with Crippen LogP contribution < -0.4 is 11.2 Å². The van der Waals surface area contributed by atoms with Gasteiger partial charge in [0.2, 0.25) is 0 Å². The van der Waals surface area contributed by atoms with Crippen molar-refractivity contribution in [2.75, 3.05) is 5.73 Å². The Kier molecular flexibility index (Phi) is 2.20. The first-order valence-electron chi connectivity index (χ1n) is 5.80. The number of rotatable bonds is 1. The molecule has 94 valence electrons. The van der Waals surface area contributed by atoms with Gasteiger partial charge in [0, 0.05) is 23.9 Å². The van der Waals surface area contributed by atoms with Crippen molar-refractivity contribution in [3.05, 3.63) is 39.7 Å². The van der Waals surface area contributed by atoms with Gasteiger partial charge < -0.3 is 10.3 Å². The van der Waals surface area contributed by atoms with Gasteiger partial charge in [0.15, 0.2) is 17.1 Å². The topological polar surface area (TPSA) is 48.0 Å². The van der Waals surface area contributed by atoms with Gasteiger partial charge in [0.1, 0.15) is 0 Å². The van der Waals surface area contributed by atoms with Gasteiger partial charge in [-0.15, -0.1) is 0 Å². The second-order valence-electron chi connectivity index (χ2n) is 4.71. The van der Waals surface area contributed by atoms with Crippen molar-refractivity contribution in [3.63, 3.8) is 0 Å². The SMILES string of the molecule is Cc1c(F)c(F)c(N)c2c(=O)ccn(C3CC3)c12. The highest BCUT2D eigenvalue weighted by Gasteiger charge is 2.27. The molecule has 0 spiro atoms. The Morgan fingerprint density at radius 2 is 2.00 bits per heavy atom. The van der Waals surface area contributed by atoms with Crippen LogP contribution in [-0.2, 0) is 0 Å². The van der Waals surface area contributed by atoms with Crippen LogP contribution in [0.3, 0.4) is 0 Å². The lowest BCUT2D eigenvalue weighted by atomic mass is 10.1. The second kappa shape index (κ2) is 3.54. The summed E-state index contributed by atoms with van der Waals surface area (Å²) >= 11 is 0. The van der Waals surface area contributed by atoms with Crippen molar-refractivity contribution in [1.82, 2.24) is 4.57 Å². The number of nitrogen functional groups attached to an aromatic ring is 1. The molecular formula is C13H12F2N2O. The zero-order valence-electron chi connectivity index (χ0n) is 9.84. The molecule has 3 rings (SSSR count). The Morgan fingerprint density at radius 1 is 1.33 bits per heavy atom. The third-order valence-corrected chi connectivity index (χ3v) is 3.45. The number of fused-ring (bicyclic) bond motifs is 1. The van der Waals surface area contributed by atoms with Crippen LogP contribution in [0.5, 0.6) is 0 Å². The molecule has 1 saturated carbocycles. The maximum atomic E-state index is 13.7. The summed E-state index contributed by atoms with van der Waals surface area (Å²) in [4.78, 5) is 11.8. The Bertz CT molecular complexity index is 717. The number of nitrogens with zero attached hydrogens (tertiary/aromatic N) is 1. The smallest absolute Gasteiger partial charge is 0.191 e. The number of nitrogens with two attached hydrogens (primary N) is 1.